The van der Waals surface area contributed by atoms with E-state index in [1.165, 1.54) is 10.5 Å². The molecule has 0 aromatic heterocycles. The number of likely N-dealkylation sites (N-methyl/N-ethyl adjacent to an activating group) is 1. The SMILES string of the molecule is CC(O)CN(C)C(=O)c1ccc(C(C)C)cc1. The van der Waals surface area contributed by atoms with Gasteiger partial charge in [-0.05, 0) is 30.5 Å². The van der Waals surface area contributed by atoms with E-state index in [9.17, 15) is 9.90 Å². The molecule has 1 amide bonds. The summed E-state index contributed by atoms with van der Waals surface area (Å²) in [5, 5.41) is 9.24. The van der Waals surface area contributed by atoms with Crippen molar-refractivity contribution in [3.8, 4) is 0 Å². The van der Waals surface area contributed by atoms with Crippen LogP contribution in [0.4, 0.5) is 0 Å². The lowest BCUT2D eigenvalue weighted by atomic mass is 10.0. The molecular formula is C14H21NO2. The zero-order valence-electron chi connectivity index (χ0n) is 11.0. The third kappa shape index (κ3) is 3.86. The van der Waals surface area contributed by atoms with Crippen molar-refractivity contribution in [1.82, 2.24) is 4.90 Å². The van der Waals surface area contributed by atoms with Crippen molar-refractivity contribution in [3.05, 3.63) is 35.4 Å². The molecule has 0 bridgehead atoms. The molecule has 3 heteroatoms. The molecule has 0 saturated heterocycles. The molecule has 0 fully saturated rings. The average molecular weight is 235 g/mol. The number of carbonyl (C=O) groups is 1. The Morgan fingerprint density at radius 3 is 2.18 bits per heavy atom. The van der Waals surface area contributed by atoms with Crippen LogP contribution >= 0.6 is 0 Å². The zero-order valence-corrected chi connectivity index (χ0v) is 11.0. The van der Waals surface area contributed by atoms with Gasteiger partial charge in [-0.15, -0.1) is 0 Å². The highest BCUT2D eigenvalue weighted by Crippen LogP contribution is 2.15. The molecule has 1 aromatic carbocycles. The predicted octanol–water partition coefficient (Wildman–Crippen LogP) is 2.26. The summed E-state index contributed by atoms with van der Waals surface area (Å²) < 4.78 is 0. The van der Waals surface area contributed by atoms with Gasteiger partial charge in [-0.1, -0.05) is 26.0 Å². The number of rotatable bonds is 4. The van der Waals surface area contributed by atoms with E-state index in [-0.39, 0.29) is 5.91 Å². The Balaban J connectivity index is 2.76. The standard InChI is InChI=1S/C14H21NO2/c1-10(2)12-5-7-13(8-6-12)14(17)15(4)9-11(3)16/h5-8,10-11,16H,9H2,1-4H3. The van der Waals surface area contributed by atoms with Crippen LogP contribution in [0, 0.1) is 0 Å². The molecule has 94 valence electrons. The van der Waals surface area contributed by atoms with E-state index in [0.717, 1.165) is 0 Å². The largest absolute Gasteiger partial charge is 0.392 e. The summed E-state index contributed by atoms with van der Waals surface area (Å²) in [5.74, 6) is 0.413. The number of carbonyl (C=O) groups excluding carboxylic acids is 1. The minimum Gasteiger partial charge on any atom is -0.392 e. The van der Waals surface area contributed by atoms with Gasteiger partial charge in [-0.3, -0.25) is 4.79 Å². The molecule has 1 N–H and O–H groups in total. The van der Waals surface area contributed by atoms with Gasteiger partial charge in [-0.2, -0.15) is 0 Å². The molecule has 0 aliphatic heterocycles. The number of nitrogens with zero attached hydrogens (tertiary/aromatic N) is 1. The first-order valence-electron chi connectivity index (χ1n) is 5.95. The summed E-state index contributed by atoms with van der Waals surface area (Å²) in [4.78, 5) is 13.5. The number of hydrogen-bond acceptors (Lipinski definition) is 2. The molecule has 17 heavy (non-hydrogen) atoms. The van der Waals surface area contributed by atoms with Crippen molar-refractivity contribution >= 4 is 5.91 Å². The molecular weight excluding hydrogens is 214 g/mol. The van der Waals surface area contributed by atoms with Crippen LogP contribution in [0.15, 0.2) is 24.3 Å². The molecule has 0 radical (unpaired) electrons. The monoisotopic (exact) mass is 235 g/mol. The fourth-order valence-electron chi connectivity index (χ4n) is 1.71. The van der Waals surface area contributed by atoms with Crippen LogP contribution < -0.4 is 0 Å². The van der Waals surface area contributed by atoms with Gasteiger partial charge >= 0.3 is 0 Å². The minimum absolute atomic E-state index is 0.0544. The summed E-state index contributed by atoms with van der Waals surface area (Å²) in [6, 6.07) is 7.65. The summed E-state index contributed by atoms with van der Waals surface area (Å²) >= 11 is 0. The number of hydrogen-bond donors (Lipinski definition) is 1. The normalized spacial score (nSPS) is 12.6. The van der Waals surface area contributed by atoms with E-state index in [1.54, 1.807) is 14.0 Å². The van der Waals surface area contributed by atoms with Crippen LogP contribution in [-0.4, -0.2) is 35.6 Å². The predicted molar refractivity (Wildman–Crippen MR) is 69.2 cm³/mol. The maximum atomic E-state index is 12.0. The first-order valence-corrected chi connectivity index (χ1v) is 5.95. The van der Waals surface area contributed by atoms with Gasteiger partial charge in [-0.25, -0.2) is 0 Å². The summed E-state index contributed by atoms with van der Waals surface area (Å²) in [6.07, 6.45) is -0.501. The van der Waals surface area contributed by atoms with E-state index in [0.29, 0.717) is 18.0 Å². The second-order valence-corrected chi connectivity index (χ2v) is 4.81. The number of aliphatic hydroxyl groups excluding tert-OH is 1. The fraction of sp³-hybridized carbons (Fsp3) is 0.500. The highest BCUT2D eigenvalue weighted by atomic mass is 16.3. The smallest absolute Gasteiger partial charge is 0.253 e. The molecule has 0 aliphatic carbocycles. The van der Waals surface area contributed by atoms with Crippen molar-refractivity contribution in [2.24, 2.45) is 0 Å². The lowest BCUT2D eigenvalue weighted by Gasteiger charge is -2.19. The van der Waals surface area contributed by atoms with Crippen molar-refractivity contribution in [1.29, 1.82) is 0 Å². The van der Waals surface area contributed by atoms with Crippen LogP contribution in [0.3, 0.4) is 0 Å². The number of benzene rings is 1. The van der Waals surface area contributed by atoms with Gasteiger partial charge < -0.3 is 10.0 Å². The van der Waals surface area contributed by atoms with E-state index in [2.05, 4.69) is 13.8 Å². The van der Waals surface area contributed by atoms with Crippen LogP contribution in [0.5, 0.6) is 0 Å². The van der Waals surface area contributed by atoms with Crippen LogP contribution in [0.1, 0.15) is 42.6 Å². The van der Waals surface area contributed by atoms with Gasteiger partial charge in [0, 0.05) is 19.2 Å². The van der Waals surface area contributed by atoms with Gasteiger partial charge in [0.2, 0.25) is 0 Å². The highest BCUT2D eigenvalue weighted by Gasteiger charge is 2.13. The molecule has 1 unspecified atom stereocenters. The second kappa shape index (κ2) is 5.82. The first-order chi connectivity index (χ1) is 7.91. The number of amides is 1. The van der Waals surface area contributed by atoms with E-state index in [4.69, 9.17) is 0 Å². The van der Waals surface area contributed by atoms with Crippen molar-refractivity contribution in [2.45, 2.75) is 32.8 Å². The van der Waals surface area contributed by atoms with Crippen LogP contribution in [0.25, 0.3) is 0 Å². The summed E-state index contributed by atoms with van der Waals surface area (Å²) in [7, 11) is 1.70. The van der Waals surface area contributed by atoms with Crippen molar-refractivity contribution in [2.75, 3.05) is 13.6 Å². The van der Waals surface area contributed by atoms with Gasteiger partial charge in [0.25, 0.3) is 5.91 Å². The fourth-order valence-corrected chi connectivity index (χ4v) is 1.71. The minimum atomic E-state index is -0.501. The van der Waals surface area contributed by atoms with E-state index >= 15 is 0 Å². The second-order valence-electron chi connectivity index (χ2n) is 4.81. The lowest BCUT2D eigenvalue weighted by molar-refractivity contribution is 0.0703. The quantitative estimate of drug-likeness (QED) is 0.869. The van der Waals surface area contributed by atoms with Crippen LogP contribution in [0.2, 0.25) is 0 Å². The van der Waals surface area contributed by atoms with Gasteiger partial charge in [0.1, 0.15) is 0 Å². The summed E-state index contributed by atoms with van der Waals surface area (Å²) in [5.41, 5.74) is 1.89. The Bertz CT molecular complexity index is 368. The molecule has 0 heterocycles. The molecule has 3 nitrogen and oxygen atoms in total. The Labute approximate surface area is 103 Å². The van der Waals surface area contributed by atoms with Gasteiger partial charge in [0.05, 0.1) is 6.10 Å². The third-order valence-electron chi connectivity index (χ3n) is 2.71. The molecule has 0 aliphatic rings. The molecule has 1 aromatic rings. The third-order valence-corrected chi connectivity index (χ3v) is 2.71. The zero-order chi connectivity index (χ0) is 13.0. The molecule has 1 atom stereocenters. The van der Waals surface area contributed by atoms with Crippen molar-refractivity contribution < 1.29 is 9.90 Å². The van der Waals surface area contributed by atoms with Crippen LogP contribution in [-0.2, 0) is 0 Å². The average Bonchev–Trinajstić information content (AvgIpc) is 2.27. The Morgan fingerprint density at radius 1 is 1.24 bits per heavy atom. The molecule has 0 spiro atoms. The Kier molecular flexibility index (Phi) is 4.70. The number of aliphatic hydroxyl groups is 1. The lowest BCUT2D eigenvalue weighted by Crippen LogP contribution is -2.33. The Hall–Kier alpha value is -1.35. The molecule has 1 rings (SSSR count). The first kappa shape index (κ1) is 13.7. The Morgan fingerprint density at radius 2 is 1.76 bits per heavy atom. The maximum absolute atomic E-state index is 12.0. The van der Waals surface area contributed by atoms with Gasteiger partial charge in [0.15, 0.2) is 0 Å². The van der Waals surface area contributed by atoms with E-state index in [1.807, 2.05) is 24.3 Å². The van der Waals surface area contributed by atoms with E-state index < -0.39 is 6.10 Å². The maximum Gasteiger partial charge on any atom is 0.253 e. The highest BCUT2D eigenvalue weighted by molar-refractivity contribution is 5.94. The molecule has 0 saturated carbocycles. The summed E-state index contributed by atoms with van der Waals surface area (Å²) in [6.45, 7) is 6.27. The topological polar surface area (TPSA) is 40.5 Å². The van der Waals surface area contributed by atoms with Crippen molar-refractivity contribution in [3.63, 3.8) is 0 Å².